The Morgan fingerprint density at radius 2 is 2.33 bits per heavy atom. The van der Waals surface area contributed by atoms with E-state index in [0.29, 0.717) is 5.25 Å². The SMILES string of the molecule is SC1CC/C=C\CNC1. The number of thiol groups is 1. The maximum atomic E-state index is 4.38. The summed E-state index contributed by atoms with van der Waals surface area (Å²) in [4.78, 5) is 0. The maximum Gasteiger partial charge on any atom is 0.0145 e. The van der Waals surface area contributed by atoms with E-state index in [9.17, 15) is 0 Å². The van der Waals surface area contributed by atoms with Gasteiger partial charge in [-0.3, -0.25) is 0 Å². The molecule has 1 aliphatic rings. The van der Waals surface area contributed by atoms with Gasteiger partial charge in [0, 0.05) is 18.3 Å². The molecule has 0 amide bonds. The van der Waals surface area contributed by atoms with Crippen molar-refractivity contribution in [3.8, 4) is 0 Å². The van der Waals surface area contributed by atoms with Crippen LogP contribution in [0.25, 0.3) is 0 Å². The first-order chi connectivity index (χ1) is 4.39. The summed E-state index contributed by atoms with van der Waals surface area (Å²) in [6, 6.07) is 0. The first-order valence-electron chi connectivity index (χ1n) is 3.43. The molecule has 0 fully saturated rings. The molecule has 1 unspecified atom stereocenters. The summed E-state index contributed by atoms with van der Waals surface area (Å²) in [6.07, 6.45) is 6.79. The highest BCUT2D eigenvalue weighted by atomic mass is 32.1. The molecule has 1 atom stereocenters. The van der Waals surface area contributed by atoms with E-state index in [1.165, 1.54) is 12.8 Å². The van der Waals surface area contributed by atoms with Crippen LogP contribution in [-0.2, 0) is 0 Å². The molecular formula is C7H13NS. The van der Waals surface area contributed by atoms with Crippen molar-refractivity contribution in [3.05, 3.63) is 12.2 Å². The second-order valence-corrected chi connectivity index (χ2v) is 3.09. The van der Waals surface area contributed by atoms with Gasteiger partial charge in [0.2, 0.25) is 0 Å². The molecule has 1 heterocycles. The summed E-state index contributed by atoms with van der Waals surface area (Å²) in [5.74, 6) is 0. The Kier molecular flexibility index (Phi) is 3.15. The highest BCUT2D eigenvalue weighted by Crippen LogP contribution is 2.05. The average molecular weight is 143 g/mol. The van der Waals surface area contributed by atoms with Gasteiger partial charge in [-0.05, 0) is 12.8 Å². The topological polar surface area (TPSA) is 12.0 Å². The quantitative estimate of drug-likeness (QED) is 0.384. The lowest BCUT2D eigenvalue weighted by Crippen LogP contribution is -2.24. The zero-order valence-corrected chi connectivity index (χ0v) is 6.40. The fraction of sp³-hybridized carbons (Fsp3) is 0.714. The molecule has 9 heavy (non-hydrogen) atoms. The molecule has 0 saturated carbocycles. The summed E-state index contributed by atoms with van der Waals surface area (Å²) >= 11 is 4.38. The van der Waals surface area contributed by atoms with Crippen molar-refractivity contribution in [1.82, 2.24) is 5.32 Å². The zero-order chi connectivity index (χ0) is 6.53. The van der Waals surface area contributed by atoms with E-state index in [1.807, 2.05) is 0 Å². The van der Waals surface area contributed by atoms with E-state index >= 15 is 0 Å². The van der Waals surface area contributed by atoms with Crippen molar-refractivity contribution in [2.75, 3.05) is 13.1 Å². The van der Waals surface area contributed by atoms with Gasteiger partial charge in [-0.15, -0.1) is 0 Å². The zero-order valence-electron chi connectivity index (χ0n) is 5.51. The third-order valence-electron chi connectivity index (χ3n) is 1.48. The van der Waals surface area contributed by atoms with Crippen LogP contribution in [0.3, 0.4) is 0 Å². The number of allylic oxidation sites excluding steroid dienone is 1. The Bertz CT molecular complexity index is 101. The van der Waals surface area contributed by atoms with E-state index in [2.05, 4.69) is 30.1 Å². The molecule has 0 aromatic rings. The van der Waals surface area contributed by atoms with Crippen LogP contribution in [0.15, 0.2) is 12.2 Å². The van der Waals surface area contributed by atoms with Crippen LogP contribution in [0, 0.1) is 0 Å². The Hall–Kier alpha value is 0.0500. The van der Waals surface area contributed by atoms with Gasteiger partial charge in [0.1, 0.15) is 0 Å². The van der Waals surface area contributed by atoms with Gasteiger partial charge in [-0.25, -0.2) is 0 Å². The lowest BCUT2D eigenvalue weighted by Gasteiger charge is -2.11. The van der Waals surface area contributed by atoms with Gasteiger partial charge in [0.05, 0.1) is 0 Å². The van der Waals surface area contributed by atoms with E-state index in [-0.39, 0.29) is 0 Å². The van der Waals surface area contributed by atoms with Crippen molar-refractivity contribution in [1.29, 1.82) is 0 Å². The maximum absolute atomic E-state index is 4.38. The Balaban J connectivity index is 2.27. The van der Waals surface area contributed by atoms with Gasteiger partial charge >= 0.3 is 0 Å². The van der Waals surface area contributed by atoms with E-state index in [4.69, 9.17) is 0 Å². The van der Waals surface area contributed by atoms with Gasteiger partial charge in [0.15, 0.2) is 0 Å². The second-order valence-electron chi connectivity index (χ2n) is 2.36. The third kappa shape index (κ3) is 2.92. The number of rotatable bonds is 0. The third-order valence-corrected chi connectivity index (χ3v) is 1.92. The predicted molar refractivity (Wildman–Crippen MR) is 44.0 cm³/mol. The lowest BCUT2D eigenvalue weighted by atomic mass is 10.2. The largest absolute Gasteiger partial charge is 0.312 e. The Morgan fingerprint density at radius 1 is 1.44 bits per heavy atom. The molecule has 0 spiro atoms. The standard InChI is InChI=1S/C7H13NS/c9-7-4-2-1-3-5-8-6-7/h1,3,7-9H,2,4-6H2/b3-1-. The van der Waals surface area contributed by atoms with Crippen LogP contribution in [-0.4, -0.2) is 18.3 Å². The summed E-state index contributed by atoms with van der Waals surface area (Å²) in [7, 11) is 0. The molecule has 0 radical (unpaired) electrons. The van der Waals surface area contributed by atoms with Crippen LogP contribution in [0.4, 0.5) is 0 Å². The van der Waals surface area contributed by atoms with Crippen LogP contribution in [0.5, 0.6) is 0 Å². The monoisotopic (exact) mass is 143 g/mol. The highest BCUT2D eigenvalue weighted by molar-refractivity contribution is 7.81. The lowest BCUT2D eigenvalue weighted by molar-refractivity contribution is 0.663. The molecule has 1 nitrogen and oxygen atoms in total. The highest BCUT2D eigenvalue weighted by Gasteiger charge is 2.01. The number of hydrogen-bond donors (Lipinski definition) is 2. The predicted octanol–water partition coefficient (Wildman–Crippen LogP) is 1.22. The van der Waals surface area contributed by atoms with Crippen molar-refractivity contribution < 1.29 is 0 Å². The van der Waals surface area contributed by atoms with Gasteiger partial charge < -0.3 is 5.32 Å². The molecular weight excluding hydrogens is 130 g/mol. The normalized spacial score (nSPS) is 32.8. The van der Waals surface area contributed by atoms with Crippen molar-refractivity contribution in [3.63, 3.8) is 0 Å². The molecule has 0 saturated heterocycles. The van der Waals surface area contributed by atoms with Gasteiger partial charge in [-0.2, -0.15) is 12.6 Å². The summed E-state index contributed by atoms with van der Waals surface area (Å²) < 4.78 is 0. The summed E-state index contributed by atoms with van der Waals surface area (Å²) in [5, 5.41) is 3.82. The Labute approximate surface area is 61.9 Å². The molecule has 1 N–H and O–H groups in total. The van der Waals surface area contributed by atoms with Crippen LogP contribution in [0.1, 0.15) is 12.8 Å². The van der Waals surface area contributed by atoms with Gasteiger partial charge in [0.25, 0.3) is 0 Å². The molecule has 0 aromatic heterocycles. The van der Waals surface area contributed by atoms with E-state index in [1.54, 1.807) is 0 Å². The van der Waals surface area contributed by atoms with E-state index < -0.39 is 0 Å². The summed E-state index contributed by atoms with van der Waals surface area (Å²) in [6.45, 7) is 2.06. The molecule has 0 aliphatic carbocycles. The summed E-state index contributed by atoms with van der Waals surface area (Å²) in [5.41, 5.74) is 0. The fourth-order valence-electron chi connectivity index (χ4n) is 0.925. The second kappa shape index (κ2) is 3.96. The van der Waals surface area contributed by atoms with Crippen molar-refractivity contribution >= 4 is 12.6 Å². The van der Waals surface area contributed by atoms with Crippen molar-refractivity contribution in [2.24, 2.45) is 0 Å². The molecule has 2 heteroatoms. The van der Waals surface area contributed by atoms with E-state index in [0.717, 1.165) is 13.1 Å². The van der Waals surface area contributed by atoms with Crippen LogP contribution < -0.4 is 5.32 Å². The van der Waals surface area contributed by atoms with Crippen LogP contribution in [0.2, 0.25) is 0 Å². The first-order valence-corrected chi connectivity index (χ1v) is 3.95. The van der Waals surface area contributed by atoms with Gasteiger partial charge in [-0.1, -0.05) is 12.2 Å². The average Bonchev–Trinajstić information content (AvgIpc) is 1.79. The smallest absolute Gasteiger partial charge is 0.0145 e. The molecule has 1 aliphatic heterocycles. The fourth-order valence-corrected chi connectivity index (χ4v) is 1.20. The number of nitrogens with one attached hydrogen (secondary N) is 1. The minimum absolute atomic E-state index is 0.551. The molecule has 0 bridgehead atoms. The minimum atomic E-state index is 0.551. The van der Waals surface area contributed by atoms with Crippen LogP contribution >= 0.6 is 12.6 Å². The molecule has 52 valence electrons. The van der Waals surface area contributed by atoms with Crippen molar-refractivity contribution in [2.45, 2.75) is 18.1 Å². The Morgan fingerprint density at radius 3 is 3.22 bits per heavy atom. The molecule has 1 rings (SSSR count). The molecule has 0 aromatic carbocycles. The number of hydrogen-bond acceptors (Lipinski definition) is 2. The minimum Gasteiger partial charge on any atom is -0.312 e. The first kappa shape index (κ1) is 7.16.